The molecule has 1 spiro atoms. The number of hydrogen-bond acceptors (Lipinski definition) is 0. The van der Waals surface area contributed by atoms with E-state index in [9.17, 15) is 2.74 Å². The highest BCUT2D eigenvalue weighted by atomic mass is 14.9. The summed E-state index contributed by atoms with van der Waals surface area (Å²) in [6.07, 6.45) is 5.18. The summed E-state index contributed by atoms with van der Waals surface area (Å²) in [7, 11) is 0. The van der Waals surface area contributed by atoms with E-state index in [1.807, 2.05) is 0 Å². The van der Waals surface area contributed by atoms with E-state index in [2.05, 4.69) is 54.6 Å². The Balaban J connectivity index is 1.61. The molecule has 0 amide bonds. The molecular weight excluding hydrogens is 264 g/mol. The van der Waals surface area contributed by atoms with Gasteiger partial charge < -0.3 is 0 Å². The molecule has 0 N–H and O–H groups in total. The number of aryl methyl sites for hydroxylation is 1. The van der Waals surface area contributed by atoms with Crippen LogP contribution in [-0.2, 0) is 17.3 Å². The molecule has 5 atom stereocenters. The molecule has 0 aromatic heterocycles. The van der Waals surface area contributed by atoms with Crippen LogP contribution in [0, 0.1) is 17.7 Å². The van der Waals surface area contributed by atoms with E-state index in [0.29, 0.717) is 5.92 Å². The Labute approximate surface area is 135 Å². The minimum Gasteiger partial charge on any atom is -0.0622 e. The first kappa shape index (κ1) is 10.3. The van der Waals surface area contributed by atoms with Crippen LogP contribution in [0.4, 0.5) is 0 Å². The predicted octanol–water partition coefficient (Wildman–Crippen LogP) is 4.87. The second kappa shape index (κ2) is 3.67. The Hall–Kier alpha value is -1.56. The maximum Gasteiger partial charge on any atom is 0.0324 e. The van der Waals surface area contributed by atoms with Gasteiger partial charge in [-0.25, -0.2) is 0 Å². The van der Waals surface area contributed by atoms with Crippen molar-refractivity contribution in [1.82, 2.24) is 0 Å². The lowest BCUT2D eigenvalue weighted by Gasteiger charge is -2.19. The molecule has 110 valence electrons. The first-order valence-corrected chi connectivity index (χ1v) is 8.76. The topological polar surface area (TPSA) is 0 Å². The first-order chi connectivity index (χ1) is 11.6. The molecule has 0 saturated heterocycles. The van der Waals surface area contributed by atoms with Crippen LogP contribution < -0.4 is 0 Å². The van der Waals surface area contributed by atoms with Gasteiger partial charge in [0.05, 0.1) is 0 Å². The predicted molar refractivity (Wildman–Crippen MR) is 88.9 cm³/mol. The minimum atomic E-state index is -0.643. The molecule has 0 bridgehead atoms. The van der Waals surface area contributed by atoms with Gasteiger partial charge in [0.1, 0.15) is 0 Å². The Morgan fingerprint density at radius 2 is 1.68 bits per heavy atom. The van der Waals surface area contributed by atoms with E-state index in [0.717, 1.165) is 32.1 Å². The fourth-order valence-corrected chi connectivity index (χ4v) is 6.09. The molecule has 4 aliphatic carbocycles. The Bertz CT molecular complexity index is 861. The summed E-state index contributed by atoms with van der Waals surface area (Å²) in [6, 6.07) is 19.4. The molecule has 3 fully saturated rings. The van der Waals surface area contributed by atoms with Crippen LogP contribution in [0.3, 0.4) is 0 Å². The third-order valence-corrected chi connectivity index (χ3v) is 6.92. The molecule has 1 unspecified atom stereocenters. The monoisotopic (exact) mass is 288 g/mol. The fourth-order valence-electron chi connectivity index (χ4n) is 6.09. The highest BCUT2D eigenvalue weighted by Gasteiger charge is 2.84. The van der Waals surface area contributed by atoms with E-state index in [4.69, 9.17) is 0 Å². The van der Waals surface area contributed by atoms with Gasteiger partial charge in [0.15, 0.2) is 0 Å². The minimum absolute atomic E-state index is 0.0690. The second-order valence-electron chi connectivity index (χ2n) is 7.71. The average molecular weight is 288 g/mol. The number of hydrogen-bond donors (Lipinski definition) is 0. The van der Waals surface area contributed by atoms with Crippen molar-refractivity contribution in [2.24, 2.45) is 17.7 Å². The SMILES string of the molecule is [2H][C@@]12C3(C[C@H]4C[C@]41c1ccccc1)c1ccccc1CCC[C@]32[2H]. The van der Waals surface area contributed by atoms with Crippen molar-refractivity contribution in [2.75, 3.05) is 0 Å². The van der Waals surface area contributed by atoms with E-state index in [-0.39, 0.29) is 10.8 Å². The molecule has 3 saturated carbocycles. The van der Waals surface area contributed by atoms with Crippen LogP contribution in [0.25, 0.3) is 0 Å². The Morgan fingerprint density at radius 3 is 2.59 bits per heavy atom. The normalized spacial score (nSPS) is 51.4. The van der Waals surface area contributed by atoms with Crippen LogP contribution >= 0.6 is 0 Å². The molecular formula is C22H22. The van der Waals surface area contributed by atoms with Crippen LogP contribution in [-0.4, -0.2) is 0 Å². The zero-order chi connectivity index (χ0) is 16.2. The molecule has 2 aromatic rings. The molecule has 22 heavy (non-hydrogen) atoms. The number of rotatable bonds is 1. The van der Waals surface area contributed by atoms with Crippen molar-refractivity contribution in [3.63, 3.8) is 0 Å². The standard InChI is InChI=1S/C22H22/c1-2-9-16(10-3-1)21-13-17(21)14-22-18-11-5-4-7-15(18)8-6-12-19(22)20(21)22/h1-5,7,9-11,17,19-20H,6,8,12-14H2/t17-,19+,20+,21+,22?/m1/s1/i19D,20D. The largest absolute Gasteiger partial charge is 0.0622 e. The van der Waals surface area contributed by atoms with Gasteiger partial charge in [0.2, 0.25) is 0 Å². The van der Waals surface area contributed by atoms with E-state index in [1.54, 1.807) is 0 Å². The lowest BCUT2D eigenvalue weighted by molar-refractivity contribution is 0.478. The molecule has 2 aromatic carbocycles. The molecule has 0 heterocycles. The smallest absolute Gasteiger partial charge is 0.0324 e. The van der Waals surface area contributed by atoms with E-state index >= 15 is 0 Å². The molecule has 6 rings (SSSR count). The van der Waals surface area contributed by atoms with Crippen molar-refractivity contribution in [3.8, 4) is 0 Å². The van der Waals surface area contributed by atoms with Crippen LogP contribution in [0.15, 0.2) is 54.6 Å². The van der Waals surface area contributed by atoms with Crippen LogP contribution in [0.2, 0.25) is 0 Å². The van der Waals surface area contributed by atoms with Crippen molar-refractivity contribution >= 4 is 0 Å². The lowest BCUT2D eigenvalue weighted by Crippen LogP contribution is -2.14. The van der Waals surface area contributed by atoms with E-state index < -0.39 is 11.8 Å². The number of fused-ring (bicyclic) bond motifs is 4. The highest BCUT2D eigenvalue weighted by molar-refractivity contribution is 5.55. The van der Waals surface area contributed by atoms with Gasteiger partial charge in [-0.1, -0.05) is 54.6 Å². The zero-order valence-electron chi connectivity index (χ0n) is 14.8. The van der Waals surface area contributed by atoms with E-state index in [1.165, 1.54) is 16.7 Å². The Morgan fingerprint density at radius 1 is 0.909 bits per heavy atom. The van der Waals surface area contributed by atoms with Crippen molar-refractivity contribution in [1.29, 1.82) is 0 Å². The van der Waals surface area contributed by atoms with Crippen LogP contribution in [0.1, 0.15) is 45.1 Å². The summed E-state index contributed by atoms with van der Waals surface area (Å²) in [5, 5.41) is 0. The summed E-state index contributed by atoms with van der Waals surface area (Å²) in [6.45, 7) is 0. The van der Waals surface area contributed by atoms with Crippen molar-refractivity contribution < 1.29 is 2.74 Å². The first-order valence-electron chi connectivity index (χ1n) is 9.76. The third kappa shape index (κ3) is 1.16. The zero-order valence-corrected chi connectivity index (χ0v) is 12.8. The average Bonchev–Trinajstić information content (AvgIpc) is 3.42. The van der Waals surface area contributed by atoms with Gasteiger partial charge in [-0.05, 0) is 66.5 Å². The second-order valence-corrected chi connectivity index (χ2v) is 7.71. The third-order valence-electron chi connectivity index (χ3n) is 6.92. The fraction of sp³-hybridized carbons (Fsp3) is 0.455. The summed E-state index contributed by atoms with van der Waals surface area (Å²) < 4.78 is 19.1. The van der Waals surface area contributed by atoms with Gasteiger partial charge in [-0.2, -0.15) is 0 Å². The van der Waals surface area contributed by atoms with Crippen molar-refractivity contribution in [3.05, 3.63) is 71.3 Å². The molecule has 0 radical (unpaired) electrons. The van der Waals surface area contributed by atoms with Gasteiger partial charge in [-0.15, -0.1) is 0 Å². The summed E-state index contributed by atoms with van der Waals surface area (Å²) in [5.74, 6) is -0.646. The Kier molecular flexibility index (Phi) is 1.71. The maximum absolute atomic E-state index is 9.68. The van der Waals surface area contributed by atoms with Gasteiger partial charge in [0.25, 0.3) is 0 Å². The van der Waals surface area contributed by atoms with Crippen molar-refractivity contribution in [2.45, 2.75) is 42.9 Å². The lowest BCUT2D eigenvalue weighted by atomic mass is 9.84. The van der Waals surface area contributed by atoms with Gasteiger partial charge in [-0.3, -0.25) is 0 Å². The summed E-state index contributed by atoms with van der Waals surface area (Å²) >= 11 is 0. The summed E-state index contributed by atoms with van der Waals surface area (Å²) in [4.78, 5) is 0. The molecule has 4 aliphatic rings. The summed E-state index contributed by atoms with van der Waals surface area (Å²) in [5.41, 5.74) is 3.77. The molecule has 0 aliphatic heterocycles. The van der Waals surface area contributed by atoms with Gasteiger partial charge in [0, 0.05) is 13.6 Å². The maximum atomic E-state index is 9.68. The molecule has 0 heteroatoms. The highest BCUT2D eigenvalue weighted by Crippen LogP contribution is 2.87. The molecule has 0 nitrogen and oxygen atoms in total. The van der Waals surface area contributed by atoms with Gasteiger partial charge >= 0.3 is 0 Å². The van der Waals surface area contributed by atoms with Crippen LogP contribution in [0.5, 0.6) is 0 Å². The number of benzene rings is 2. The quantitative estimate of drug-likeness (QED) is 0.702.